The number of carbonyl (C=O) groups excluding carboxylic acids is 1. The molecule has 0 aliphatic rings. The van der Waals surface area contributed by atoms with Gasteiger partial charge in [-0.1, -0.05) is 22.9 Å². The molecule has 1 aromatic carbocycles. The highest BCUT2D eigenvalue weighted by atomic mass is 79.9. The number of hydrogen-bond acceptors (Lipinski definition) is 4. The third-order valence-electron chi connectivity index (χ3n) is 2.65. The van der Waals surface area contributed by atoms with Crippen molar-refractivity contribution in [1.29, 1.82) is 0 Å². The number of amides is 1. The lowest BCUT2D eigenvalue weighted by Gasteiger charge is -2.11. The molecule has 0 bridgehead atoms. The summed E-state index contributed by atoms with van der Waals surface area (Å²) in [4.78, 5) is 22.0. The first-order valence-electron chi connectivity index (χ1n) is 5.91. The number of hydrogen-bond donors (Lipinski definition) is 2. The van der Waals surface area contributed by atoms with Crippen LogP contribution in [0, 0.1) is 10.1 Å². The third-order valence-corrected chi connectivity index (χ3v) is 3.15. The van der Waals surface area contributed by atoms with Gasteiger partial charge in [-0.25, -0.2) is 0 Å². The fourth-order valence-corrected chi connectivity index (χ4v) is 1.72. The van der Waals surface area contributed by atoms with E-state index in [0.29, 0.717) is 4.47 Å². The largest absolute Gasteiger partial charge is 0.319 e. The highest BCUT2D eigenvalue weighted by Gasteiger charge is 2.16. The molecule has 1 amide bonds. The summed E-state index contributed by atoms with van der Waals surface area (Å²) in [5.41, 5.74) is 0.0652. The summed E-state index contributed by atoms with van der Waals surface area (Å²) in [7, 11) is 0. The van der Waals surface area contributed by atoms with E-state index in [9.17, 15) is 14.9 Å². The quantitative estimate of drug-likeness (QED) is 0.620. The van der Waals surface area contributed by atoms with Gasteiger partial charge in [0.1, 0.15) is 5.69 Å². The van der Waals surface area contributed by atoms with Gasteiger partial charge in [0.15, 0.2) is 0 Å². The third kappa shape index (κ3) is 4.96. The van der Waals surface area contributed by atoms with Crippen LogP contribution in [-0.4, -0.2) is 23.4 Å². The molecule has 7 heteroatoms. The van der Waals surface area contributed by atoms with Crippen molar-refractivity contribution < 1.29 is 9.72 Å². The predicted molar refractivity (Wildman–Crippen MR) is 77.2 cm³/mol. The van der Waals surface area contributed by atoms with Gasteiger partial charge in [-0.3, -0.25) is 14.9 Å². The number of nitrogens with one attached hydrogen (secondary N) is 2. The van der Waals surface area contributed by atoms with Crippen LogP contribution in [0.4, 0.5) is 11.4 Å². The average Bonchev–Trinajstić information content (AvgIpc) is 2.37. The van der Waals surface area contributed by atoms with E-state index in [-0.39, 0.29) is 29.9 Å². The molecule has 0 aliphatic heterocycles. The van der Waals surface area contributed by atoms with Crippen LogP contribution in [0.2, 0.25) is 0 Å². The molecule has 1 aromatic rings. The van der Waals surface area contributed by atoms with Gasteiger partial charge in [-0.05, 0) is 25.5 Å². The van der Waals surface area contributed by atoms with Crippen molar-refractivity contribution in [3.05, 3.63) is 32.8 Å². The minimum absolute atomic E-state index is 0.127. The standard InChI is InChI=1S/C12H16BrN3O3/c1-3-8(2)14-7-12(17)15-10-5-4-9(13)6-11(10)16(18)19/h4-6,8,14H,3,7H2,1-2H3,(H,15,17). The minimum atomic E-state index is -0.525. The second kappa shape index (κ2) is 7.20. The van der Waals surface area contributed by atoms with Crippen LogP contribution in [0.5, 0.6) is 0 Å². The number of nitrogens with zero attached hydrogens (tertiary/aromatic N) is 1. The molecule has 19 heavy (non-hydrogen) atoms. The number of anilines is 1. The summed E-state index contributed by atoms with van der Waals surface area (Å²) < 4.78 is 0.593. The zero-order valence-electron chi connectivity index (χ0n) is 10.8. The summed E-state index contributed by atoms with van der Waals surface area (Å²) in [5.74, 6) is -0.300. The number of halogens is 1. The molecular weight excluding hydrogens is 314 g/mol. The van der Waals surface area contributed by atoms with Crippen molar-refractivity contribution in [3.63, 3.8) is 0 Å². The normalized spacial score (nSPS) is 11.9. The van der Waals surface area contributed by atoms with Gasteiger partial charge in [0.25, 0.3) is 5.69 Å². The minimum Gasteiger partial charge on any atom is -0.319 e. The number of carbonyl (C=O) groups is 1. The monoisotopic (exact) mass is 329 g/mol. The van der Waals surface area contributed by atoms with E-state index in [0.717, 1.165) is 6.42 Å². The molecular formula is C12H16BrN3O3. The van der Waals surface area contributed by atoms with E-state index < -0.39 is 4.92 Å². The Hall–Kier alpha value is -1.47. The predicted octanol–water partition coefficient (Wildman–Crippen LogP) is 2.68. The van der Waals surface area contributed by atoms with Crippen molar-refractivity contribution in [1.82, 2.24) is 5.32 Å². The Labute approximate surface area is 119 Å². The van der Waals surface area contributed by atoms with Crippen molar-refractivity contribution in [2.45, 2.75) is 26.3 Å². The molecule has 104 valence electrons. The molecule has 0 aromatic heterocycles. The van der Waals surface area contributed by atoms with Gasteiger partial charge in [0, 0.05) is 16.6 Å². The van der Waals surface area contributed by atoms with E-state index in [4.69, 9.17) is 0 Å². The van der Waals surface area contributed by atoms with Gasteiger partial charge in [-0.2, -0.15) is 0 Å². The van der Waals surface area contributed by atoms with Gasteiger partial charge >= 0.3 is 0 Å². The Morgan fingerprint density at radius 2 is 2.21 bits per heavy atom. The molecule has 0 aliphatic carbocycles. The summed E-state index contributed by atoms with van der Waals surface area (Å²) in [6, 6.07) is 4.73. The highest BCUT2D eigenvalue weighted by Crippen LogP contribution is 2.27. The van der Waals surface area contributed by atoms with Gasteiger partial charge in [0.05, 0.1) is 11.5 Å². The summed E-state index contributed by atoms with van der Waals surface area (Å²) in [6.45, 7) is 4.10. The topological polar surface area (TPSA) is 84.3 Å². The van der Waals surface area contributed by atoms with Crippen molar-refractivity contribution in [3.8, 4) is 0 Å². The Morgan fingerprint density at radius 3 is 2.79 bits per heavy atom. The molecule has 0 fully saturated rings. The lowest BCUT2D eigenvalue weighted by molar-refractivity contribution is -0.384. The van der Waals surface area contributed by atoms with Crippen LogP contribution in [-0.2, 0) is 4.79 Å². The molecule has 0 spiro atoms. The Morgan fingerprint density at radius 1 is 1.53 bits per heavy atom. The molecule has 0 radical (unpaired) electrons. The van der Waals surface area contributed by atoms with Gasteiger partial charge < -0.3 is 10.6 Å². The summed E-state index contributed by atoms with van der Waals surface area (Å²) in [5, 5.41) is 16.4. The number of benzene rings is 1. The fraction of sp³-hybridized carbons (Fsp3) is 0.417. The lowest BCUT2D eigenvalue weighted by atomic mass is 10.2. The maximum atomic E-state index is 11.7. The van der Waals surface area contributed by atoms with E-state index in [1.807, 2.05) is 13.8 Å². The van der Waals surface area contributed by atoms with Crippen molar-refractivity contribution >= 4 is 33.2 Å². The molecule has 0 saturated heterocycles. The first kappa shape index (κ1) is 15.6. The number of nitro groups is 1. The molecule has 6 nitrogen and oxygen atoms in total. The van der Waals surface area contributed by atoms with Crippen LogP contribution in [0.1, 0.15) is 20.3 Å². The van der Waals surface area contributed by atoms with Crippen molar-refractivity contribution in [2.24, 2.45) is 0 Å². The molecule has 1 rings (SSSR count). The smallest absolute Gasteiger partial charge is 0.293 e. The molecule has 2 N–H and O–H groups in total. The second-order valence-corrected chi connectivity index (χ2v) is 5.07. The molecule has 1 unspecified atom stereocenters. The van der Waals surface area contributed by atoms with E-state index >= 15 is 0 Å². The van der Waals surface area contributed by atoms with Crippen LogP contribution in [0.15, 0.2) is 22.7 Å². The molecule has 1 atom stereocenters. The maximum Gasteiger partial charge on any atom is 0.293 e. The van der Waals surface area contributed by atoms with Crippen LogP contribution in [0.3, 0.4) is 0 Å². The number of rotatable bonds is 6. The first-order chi connectivity index (χ1) is 8.93. The summed E-state index contributed by atoms with van der Waals surface area (Å²) >= 11 is 3.16. The SMILES string of the molecule is CCC(C)NCC(=O)Nc1ccc(Br)cc1[N+](=O)[O-]. The van der Waals surface area contributed by atoms with Crippen LogP contribution in [0.25, 0.3) is 0 Å². The zero-order valence-corrected chi connectivity index (χ0v) is 12.4. The Kier molecular flexibility index (Phi) is 5.91. The van der Waals surface area contributed by atoms with E-state index in [1.165, 1.54) is 12.1 Å². The molecule has 0 saturated carbocycles. The van der Waals surface area contributed by atoms with E-state index in [1.54, 1.807) is 6.07 Å². The van der Waals surface area contributed by atoms with Crippen LogP contribution >= 0.6 is 15.9 Å². The maximum absolute atomic E-state index is 11.7. The van der Waals surface area contributed by atoms with Gasteiger partial charge in [0.2, 0.25) is 5.91 Å². The van der Waals surface area contributed by atoms with Crippen molar-refractivity contribution in [2.75, 3.05) is 11.9 Å². The molecule has 0 heterocycles. The second-order valence-electron chi connectivity index (χ2n) is 4.16. The average molecular weight is 330 g/mol. The fourth-order valence-electron chi connectivity index (χ4n) is 1.37. The zero-order chi connectivity index (χ0) is 14.4. The van der Waals surface area contributed by atoms with Gasteiger partial charge in [-0.15, -0.1) is 0 Å². The van der Waals surface area contributed by atoms with E-state index in [2.05, 4.69) is 26.6 Å². The van der Waals surface area contributed by atoms with Crippen LogP contribution < -0.4 is 10.6 Å². The lowest BCUT2D eigenvalue weighted by Crippen LogP contribution is -2.34. The number of nitro benzene ring substituents is 1. The Bertz CT molecular complexity index is 479. The first-order valence-corrected chi connectivity index (χ1v) is 6.70. The summed E-state index contributed by atoms with van der Waals surface area (Å²) in [6.07, 6.45) is 0.908. The Balaban J connectivity index is 2.71. The highest BCUT2D eigenvalue weighted by molar-refractivity contribution is 9.10.